The highest BCUT2D eigenvalue weighted by Crippen LogP contribution is 2.14. The summed E-state index contributed by atoms with van der Waals surface area (Å²) in [5, 5.41) is 14.8. The number of anilines is 2. The zero-order valence-corrected chi connectivity index (χ0v) is 10.7. The molecule has 2 amide bonds. The molecule has 0 aliphatic carbocycles. The summed E-state index contributed by atoms with van der Waals surface area (Å²) in [5.41, 5.74) is 1.30. The summed E-state index contributed by atoms with van der Waals surface area (Å²) in [5.74, 6) is 0.373. The van der Waals surface area contributed by atoms with Crippen LogP contribution in [0.1, 0.15) is 5.56 Å². The molecular weight excluding hydrogens is 266 g/mol. The van der Waals surface area contributed by atoms with E-state index in [1.54, 1.807) is 36.4 Å². The van der Waals surface area contributed by atoms with Crippen LogP contribution < -0.4 is 10.6 Å². The highest BCUT2D eigenvalue weighted by Gasteiger charge is 2.04. The molecule has 0 aliphatic heterocycles. The van der Waals surface area contributed by atoms with E-state index in [1.165, 1.54) is 6.20 Å². The van der Waals surface area contributed by atoms with Crippen LogP contribution in [0.5, 0.6) is 0 Å². The number of hydrogen-bond donors (Lipinski definition) is 3. The minimum Gasteiger partial charge on any atom is -0.392 e. The average Bonchev–Trinajstić information content (AvgIpc) is 2.41. The van der Waals surface area contributed by atoms with Gasteiger partial charge in [-0.05, 0) is 42.0 Å². The number of carbonyl (C=O) groups is 1. The Morgan fingerprint density at radius 2 is 1.95 bits per heavy atom. The van der Waals surface area contributed by atoms with Gasteiger partial charge in [-0.25, -0.2) is 9.78 Å². The number of rotatable bonds is 3. The molecule has 0 atom stereocenters. The Morgan fingerprint density at radius 3 is 2.63 bits per heavy atom. The van der Waals surface area contributed by atoms with E-state index in [9.17, 15) is 4.79 Å². The van der Waals surface area contributed by atoms with Crippen molar-refractivity contribution in [2.24, 2.45) is 0 Å². The fourth-order valence-corrected chi connectivity index (χ4v) is 1.58. The number of nitrogens with zero attached hydrogens (tertiary/aromatic N) is 1. The Labute approximate surface area is 115 Å². The lowest BCUT2D eigenvalue weighted by Crippen LogP contribution is -2.20. The summed E-state index contributed by atoms with van der Waals surface area (Å²) in [6.45, 7) is -0.101. The third-order valence-electron chi connectivity index (χ3n) is 2.35. The van der Waals surface area contributed by atoms with E-state index in [0.717, 1.165) is 0 Å². The molecule has 2 rings (SSSR count). The van der Waals surface area contributed by atoms with E-state index >= 15 is 0 Å². The third-order valence-corrected chi connectivity index (χ3v) is 2.60. The Bertz CT molecular complexity index is 572. The first-order valence-electron chi connectivity index (χ1n) is 5.57. The van der Waals surface area contributed by atoms with Gasteiger partial charge < -0.3 is 10.4 Å². The van der Waals surface area contributed by atoms with Gasteiger partial charge in [0.2, 0.25) is 0 Å². The summed E-state index contributed by atoms with van der Waals surface area (Å²) < 4.78 is 0. The third kappa shape index (κ3) is 3.94. The lowest BCUT2D eigenvalue weighted by molar-refractivity contribution is 0.262. The zero-order chi connectivity index (χ0) is 13.7. The van der Waals surface area contributed by atoms with Crippen molar-refractivity contribution in [3.05, 3.63) is 53.2 Å². The van der Waals surface area contributed by atoms with Crippen molar-refractivity contribution in [1.29, 1.82) is 0 Å². The number of aromatic nitrogens is 1. The molecular formula is C13H12ClN3O2. The Morgan fingerprint density at radius 1 is 1.21 bits per heavy atom. The number of benzene rings is 1. The van der Waals surface area contributed by atoms with Crippen LogP contribution >= 0.6 is 11.6 Å². The van der Waals surface area contributed by atoms with Gasteiger partial charge in [0, 0.05) is 16.9 Å². The van der Waals surface area contributed by atoms with Gasteiger partial charge in [0.05, 0.1) is 6.61 Å². The number of aliphatic hydroxyl groups is 1. The molecule has 0 saturated carbocycles. The van der Waals surface area contributed by atoms with Gasteiger partial charge in [-0.3, -0.25) is 5.32 Å². The number of aliphatic hydroxyl groups excluding tert-OH is 1. The van der Waals surface area contributed by atoms with E-state index in [1.807, 2.05) is 0 Å². The molecule has 0 aliphatic rings. The molecule has 0 radical (unpaired) electrons. The Balaban J connectivity index is 1.99. The van der Waals surface area contributed by atoms with Gasteiger partial charge in [-0.2, -0.15) is 0 Å². The summed E-state index contributed by atoms with van der Waals surface area (Å²) in [4.78, 5) is 15.7. The van der Waals surface area contributed by atoms with Crippen molar-refractivity contribution in [2.45, 2.75) is 6.61 Å². The molecule has 3 N–H and O–H groups in total. The first-order chi connectivity index (χ1) is 9.17. The van der Waals surface area contributed by atoms with Gasteiger partial charge in [-0.1, -0.05) is 11.6 Å². The second-order valence-electron chi connectivity index (χ2n) is 3.79. The SMILES string of the molecule is O=C(Nc1ccc(Cl)cc1)Nc1cc(CO)ccn1. The van der Waals surface area contributed by atoms with Crippen LogP contribution in [0.4, 0.5) is 16.3 Å². The quantitative estimate of drug-likeness (QED) is 0.807. The number of pyridine rings is 1. The molecule has 6 heteroatoms. The lowest BCUT2D eigenvalue weighted by atomic mass is 10.3. The zero-order valence-electron chi connectivity index (χ0n) is 9.93. The number of carbonyl (C=O) groups excluding carboxylic acids is 1. The molecule has 19 heavy (non-hydrogen) atoms. The summed E-state index contributed by atoms with van der Waals surface area (Å²) in [6.07, 6.45) is 1.52. The molecule has 0 bridgehead atoms. The molecule has 1 aromatic heterocycles. The van der Waals surface area contributed by atoms with Crippen molar-refractivity contribution in [3.63, 3.8) is 0 Å². The maximum absolute atomic E-state index is 11.7. The van der Waals surface area contributed by atoms with E-state index < -0.39 is 6.03 Å². The Hall–Kier alpha value is -2.11. The number of hydrogen-bond acceptors (Lipinski definition) is 3. The molecule has 0 spiro atoms. The molecule has 0 saturated heterocycles. The maximum Gasteiger partial charge on any atom is 0.324 e. The molecule has 5 nitrogen and oxygen atoms in total. The Kier molecular flexibility index (Phi) is 4.33. The summed E-state index contributed by atoms with van der Waals surface area (Å²) in [6, 6.07) is 9.61. The monoisotopic (exact) mass is 277 g/mol. The number of urea groups is 1. The normalized spacial score (nSPS) is 10.0. The number of amides is 2. The fraction of sp³-hybridized carbons (Fsp3) is 0.0769. The van der Waals surface area contributed by atoms with Crippen LogP contribution in [-0.2, 0) is 6.61 Å². The van der Waals surface area contributed by atoms with Gasteiger partial charge in [0.15, 0.2) is 0 Å². The molecule has 0 fully saturated rings. The van der Waals surface area contributed by atoms with E-state index in [4.69, 9.17) is 16.7 Å². The predicted octanol–water partition coefficient (Wildman–Crippen LogP) is 2.87. The number of nitrogens with one attached hydrogen (secondary N) is 2. The second-order valence-corrected chi connectivity index (χ2v) is 4.23. The minimum atomic E-state index is -0.412. The largest absolute Gasteiger partial charge is 0.392 e. The molecule has 1 heterocycles. The first-order valence-corrected chi connectivity index (χ1v) is 5.94. The van der Waals surface area contributed by atoms with Gasteiger partial charge >= 0.3 is 6.03 Å². The number of halogens is 1. The van der Waals surface area contributed by atoms with E-state index in [2.05, 4.69) is 15.6 Å². The van der Waals surface area contributed by atoms with Crippen LogP contribution in [0.25, 0.3) is 0 Å². The molecule has 2 aromatic rings. The smallest absolute Gasteiger partial charge is 0.324 e. The van der Waals surface area contributed by atoms with Crippen molar-refractivity contribution in [3.8, 4) is 0 Å². The van der Waals surface area contributed by atoms with Crippen LogP contribution in [0, 0.1) is 0 Å². The highest BCUT2D eigenvalue weighted by atomic mass is 35.5. The predicted molar refractivity (Wildman–Crippen MR) is 74.3 cm³/mol. The second kappa shape index (κ2) is 6.17. The van der Waals surface area contributed by atoms with E-state index in [0.29, 0.717) is 22.1 Å². The van der Waals surface area contributed by atoms with Gasteiger partial charge in [0.1, 0.15) is 5.82 Å². The fourth-order valence-electron chi connectivity index (χ4n) is 1.45. The van der Waals surface area contributed by atoms with Gasteiger partial charge in [-0.15, -0.1) is 0 Å². The van der Waals surface area contributed by atoms with E-state index in [-0.39, 0.29) is 6.61 Å². The van der Waals surface area contributed by atoms with Crippen molar-refractivity contribution >= 4 is 29.1 Å². The summed E-state index contributed by atoms with van der Waals surface area (Å²) >= 11 is 5.75. The first kappa shape index (κ1) is 13.3. The highest BCUT2D eigenvalue weighted by molar-refractivity contribution is 6.30. The van der Waals surface area contributed by atoms with Crippen molar-refractivity contribution < 1.29 is 9.90 Å². The van der Waals surface area contributed by atoms with Crippen LogP contribution in [0.2, 0.25) is 5.02 Å². The van der Waals surface area contributed by atoms with Crippen LogP contribution in [-0.4, -0.2) is 16.1 Å². The molecule has 1 aromatic carbocycles. The summed E-state index contributed by atoms with van der Waals surface area (Å²) in [7, 11) is 0. The van der Waals surface area contributed by atoms with Crippen molar-refractivity contribution in [2.75, 3.05) is 10.6 Å². The van der Waals surface area contributed by atoms with Crippen LogP contribution in [0.15, 0.2) is 42.6 Å². The van der Waals surface area contributed by atoms with Crippen molar-refractivity contribution in [1.82, 2.24) is 4.98 Å². The molecule has 98 valence electrons. The van der Waals surface area contributed by atoms with Gasteiger partial charge in [0.25, 0.3) is 0 Å². The topological polar surface area (TPSA) is 74.2 Å². The minimum absolute atomic E-state index is 0.101. The maximum atomic E-state index is 11.7. The van der Waals surface area contributed by atoms with Crippen LogP contribution in [0.3, 0.4) is 0 Å². The molecule has 0 unspecified atom stereocenters. The standard InChI is InChI=1S/C13H12ClN3O2/c14-10-1-3-11(4-2-10)16-13(19)17-12-7-9(8-18)5-6-15-12/h1-7,18H,8H2,(H2,15,16,17,19). The lowest BCUT2D eigenvalue weighted by Gasteiger charge is -2.07. The average molecular weight is 278 g/mol.